The highest BCUT2D eigenvalue weighted by atomic mass is 16.6. The minimum atomic E-state index is -0.846. The number of aliphatic hydroxyl groups is 1. The number of esters is 1. The topological polar surface area (TPSA) is 70.1 Å². The Labute approximate surface area is 150 Å². The number of ketones is 1. The molecule has 6 nitrogen and oxygen atoms in total. The molecular weight excluding hydrogens is 320 g/mol. The van der Waals surface area contributed by atoms with Crippen molar-refractivity contribution in [2.45, 2.75) is 44.9 Å². The SMILES string of the molecule is C[C@@H]1C[C@H]2OC(=O)C(CN(C)C)[C@H]2[C@H](O)[C@]2(C)C(=O)CC(N(C)C)[C@@H]12. The molecule has 2 unspecified atom stereocenters. The zero-order chi connectivity index (χ0) is 18.7. The number of ether oxygens (including phenoxy) is 1. The number of carbonyl (C=O) groups excluding carboxylic acids is 2. The van der Waals surface area contributed by atoms with E-state index in [9.17, 15) is 14.7 Å². The highest BCUT2D eigenvalue weighted by Crippen LogP contribution is 2.56. The number of aliphatic hydroxyl groups excluding tert-OH is 1. The van der Waals surface area contributed by atoms with Crippen LogP contribution in [0.3, 0.4) is 0 Å². The van der Waals surface area contributed by atoms with Crippen molar-refractivity contribution in [1.82, 2.24) is 9.80 Å². The summed E-state index contributed by atoms with van der Waals surface area (Å²) in [5.41, 5.74) is -0.813. The molecule has 3 rings (SSSR count). The van der Waals surface area contributed by atoms with Gasteiger partial charge in [-0.2, -0.15) is 0 Å². The van der Waals surface area contributed by atoms with Crippen LogP contribution in [0.2, 0.25) is 0 Å². The van der Waals surface area contributed by atoms with Crippen LogP contribution in [0.4, 0.5) is 0 Å². The van der Waals surface area contributed by atoms with Crippen molar-refractivity contribution < 1.29 is 19.4 Å². The first-order chi connectivity index (χ1) is 11.6. The number of rotatable bonds is 3. The van der Waals surface area contributed by atoms with Crippen molar-refractivity contribution in [3.05, 3.63) is 0 Å². The van der Waals surface area contributed by atoms with Gasteiger partial charge in [-0.3, -0.25) is 9.59 Å². The minimum absolute atomic E-state index is 0.0781. The second kappa shape index (κ2) is 6.32. The summed E-state index contributed by atoms with van der Waals surface area (Å²) in [4.78, 5) is 29.5. The highest BCUT2D eigenvalue weighted by molar-refractivity contribution is 5.89. The second-order valence-electron chi connectivity index (χ2n) is 9.05. The number of nitrogens with zero attached hydrogens (tertiary/aromatic N) is 2. The van der Waals surface area contributed by atoms with E-state index in [0.29, 0.717) is 13.0 Å². The molecule has 1 heterocycles. The zero-order valence-corrected chi connectivity index (χ0v) is 16.2. The Morgan fingerprint density at radius 1 is 1.24 bits per heavy atom. The van der Waals surface area contributed by atoms with Crippen molar-refractivity contribution in [2.75, 3.05) is 34.7 Å². The van der Waals surface area contributed by atoms with E-state index in [1.807, 2.05) is 40.0 Å². The molecule has 0 amide bonds. The second-order valence-corrected chi connectivity index (χ2v) is 9.05. The minimum Gasteiger partial charge on any atom is -0.462 e. The van der Waals surface area contributed by atoms with Crippen LogP contribution in [0.15, 0.2) is 0 Å². The fourth-order valence-electron chi connectivity index (χ4n) is 5.82. The van der Waals surface area contributed by atoms with Gasteiger partial charge in [0.2, 0.25) is 0 Å². The molecule has 0 radical (unpaired) electrons. The fraction of sp³-hybridized carbons (Fsp3) is 0.895. The number of fused-ring (bicyclic) bond motifs is 2. The molecule has 8 atom stereocenters. The molecule has 1 N–H and O–H groups in total. The van der Waals surface area contributed by atoms with Gasteiger partial charge in [0.25, 0.3) is 0 Å². The summed E-state index contributed by atoms with van der Waals surface area (Å²) >= 11 is 0. The predicted molar refractivity (Wildman–Crippen MR) is 93.9 cm³/mol. The van der Waals surface area contributed by atoms with E-state index in [1.54, 1.807) is 0 Å². The average Bonchev–Trinajstić information content (AvgIpc) is 2.91. The Hall–Kier alpha value is -0.980. The Bertz CT molecular complexity index is 564. The third-order valence-electron chi connectivity index (χ3n) is 6.99. The number of hydrogen-bond acceptors (Lipinski definition) is 6. The lowest BCUT2D eigenvalue weighted by Gasteiger charge is -2.41. The molecule has 0 bridgehead atoms. The number of carbonyl (C=O) groups is 2. The first kappa shape index (κ1) is 18.8. The molecule has 0 aromatic heterocycles. The van der Waals surface area contributed by atoms with Crippen LogP contribution in [0.1, 0.15) is 26.7 Å². The smallest absolute Gasteiger partial charge is 0.311 e. The van der Waals surface area contributed by atoms with Gasteiger partial charge in [0.05, 0.1) is 17.4 Å². The molecule has 25 heavy (non-hydrogen) atoms. The molecule has 3 fully saturated rings. The van der Waals surface area contributed by atoms with Crippen molar-refractivity contribution >= 4 is 11.8 Å². The summed E-state index contributed by atoms with van der Waals surface area (Å²) < 4.78 is 5.69. The van der Waals surface area contributed by atoms with Crippen LogP contribution >= 0.6 is 0 Å². The first-order valence-electron chi connectivity index (χ1n) is 9.32. The van der Waals surface area contributed by atoms with Crippen molar-refractivity contribution in [2.24, 2.45) is 29.1 Å². The lowest BCUT2D eigenvalue weighted by Crippen LogP contribution is -2.50. The van der Waals surface area contributed by atoms with Gasteiger partial charge in [-0.25, -0.2) is 0 Å². The van der Waals surface area contributed by atoms with Crippen LogP contribution in [0.25, 0.3) is 0 Å². The van der Waals surface area contributed by atoms with Crippen molar-refractivity contribution in [3.63, 3.8) is 0 Å². The molecule has 142 valence electrons. The van der Waals surface area contributed by atoms with Gasteiger partial charge >= 0.3 is 5.97 Å². The fourth-order valence-corrected chi connectivity index (χ4v) is 5.82. The molecule has 0 aromatic rings. The molecule has 2 aliphatic carbocycles. The largest absolute Gasteiger partial charge is 0.462 e. The van der Waals surface area contributed by atoms with E-state index in [0.717, 1.165) is 6.42 Å². The standard InChI is InChI=1S/C19H32N2O4/c1-10-7-13-15(11(9-20(3)4)18(24)25-13)17(23)19(2)14(22)8-12(16(10)19)21(5)6/h10-13,15-17,23H,7-9H2,1-6H3/t10-,11?,12?,13-,15-,16-,17+,19-/m1/s1. The molecule has 6 heteroatoms. The summed E-state index contributed by atoms with van der Waals surface area (Å²) in [5, 5.41) is 11.4. The average molecular weight is 352 g/mol. The van der Waals surface area contributed by atoms with E-state index in [1.165, 1.54) is 0 Å². The first-order valence-corrected chi connectivity index (χ1v) is 9.32. The maximum absolute atomic E-state index is 13.0. The summed E-state index contributed by atoms with van der Waals surface area (Å²) in [6, 6.07) is 0.129. The van der Waals surface area contributed by atoms with Gasteiger partial charge < -0.3 is 19.6 Å². The van der Waals surface area contributed by atoms with Gasteiger partial charge in [-0.05, 0) is 53.4 Å². The van der Waals surface area contributed by atoms with Crippen LogP contribution in [-0.4, -0.2) is 79.6 Å². The highest BCUT2D eigenvalue weighted by Gasteiger charge is 2.65. The summed E-state index contributed by atoms with van der Waals surface area (Å²) in [5.74, 6) is -0.499. The molecule has 1 aliphatic heterocycles. The summed E-state index contributed by atoms with van der Waals surface area (Å²) in [6.07, 6.45) is 0.0526. The van der Waals surface area contributed by atoms with E-state index in [-0.39, 0.29) is 47.6 Å². The van der Waals surface area contributed by atoms with Gasteiger partial charge in [0, 0.05) is 24.9 Å². The molecule has 1 saturated heterocycles. The Balaban J connectivity index is 2.02. The van der Waals surface area contributed by atoms with Crippen LogP contribution in [-0.2, 0) is 14.3 Å². The van der Waals surface area contributed by atoms with E-state index < -0.39 is 11.5 Å². The molecular formula is C19H32N2O4. The quantitative estimate of drug-likeness (QED) is 0.752. The maximum Gasteiger partial charge on any atom is 0.311 e. The molecule has 0 aromatic carbocycles. The lowest BCUT2D eigenvalue weighted by molar-refractivity contribution is -0.146. The van der Waals surface area contributed by atoms with Crippen LogP contribution in [0.5, 0.6) is 0 Å². The van der Waals surface area contributed by atoms with Crippen LogP contribution in [0, 0.1) is 29.1 Å². The third-order valence-corrected chi connectivity index (χ3v) is 6.99. The maximum atomic E-state index is 13.0. The normalized spacial score (nSPS) is 47.0. The Morgan fingerprint density at radius 3 is 2.44 bits per heavy atom. The molecule has 0 spiro atoms. The monoisotopic (exact) mass is 352 g/mol. The lowest BCUT2D eigenvalue weighted by atomic mass is 9.66. The number of Topliss-reactive ketones (excluding diaryl/α,β-unsaturated/α-hetero) is 1. The predicted octanol–water partition coefficient (Wildman–Crippen LogP) is 0.632. The summed E-state index contributed by atoms with van der Waals surface area (Å²) in [7, 11) is 7.84. The Morgan fingerprint density at radius 2 is 1.88 bits per heavy atom. The van der Waals surface area contributed by atoms with Crippen molar-refractivity contribution in [3.8, 4) is 0 Å². The molecule has 3 aliphatic rings. The van der Waals surface area contributed by atoms with E-state index >= 15 is 0 Å². The van der Waals surface area contributed by atoms with Gasteiger partial charge in [-0.1, -0.05) is 6.92 Å². The van der Waals surface area contributed by atoms with E-state index in [2.05, 4.69) is 11.8 Å². The van der Waals surface area contributed by atoms with Crippen LogP contribution < -0.4 is 0 Å². The molecule has 2 saturated carbocycles. The van der Waals surface area contributed by atoms with Gasteiger partial charge in [0.15, 0.2) is 0 Å². The third kappa shape index (κ3) is 2.73. The Kier molecular flexibility index (Phi) is 4.75. The number of hydrogen-bond donors (Lipinski definition) is 1. The van der Waals surface area contributed by atoms with E-state index in [4.69, 9.17) is 4.74 Å². The zero-order valence-electron chi connectivity index (χ0n) is 16.2. The summed E-state index contributed by atoms with van der Waals surface area (Å²) in [6.45, 7) is 4.60. The van der Waals surface area contributed by atoms with Gasteiger partial charge in [-0.15, -0.1) is 0 Å². The van der Waals surface area contributed by atoms with Crippen molar-refractivity contribution in [1.29, 1.82) is 0 Å². The van der Waals surface area contributed by atoms with Gasteiger partial charge in [0.1, 0.15) is 11.9 Å².